The molecule has 5 heteroatoms. The second-order valence-corrected chi connectivity index (χ2v) is 8.31. The molecule has 3 aromatic carbocycles. The average Bonchev–Trinajstić information content (AvgIpc) is 3.55. The molecule has 1 heterocycles. The van der Waals surface area contributed by atoms with Gasteiger partial charge in [-0.25, -0.2) is 0 Å². The summed E-state index contributed by atoms with van der Waals surface area (Å²) in [4.78, 5) is 11.2. The largest absolute Gasteiger partial charge is 0.489 e. The van der Waals surface area contributed by atoms with Crippen LogP contribution in [0, 0.1) is 0 Å². The fraction of sp³-hybridized carbons (Fsp3) is 0.222. The third-order valence-electron chi connectivity index (χ3n) is 5.97. The van der Waals surface area contributed by atoms with Crippen LogP contribution in [0.15, 0.2) is 71.1 Å². The predicted octanol–water partition coefficient (Wildman–Crippen LogP) is 5.64. The minimum absolute atomic E-state index is 0.0699. The number of nitrogens with two attached hydrogens (primary N) is 1. The van der Waals surface area contributed by atoms with Crippen molar-refractivity contribution in [1.82, 2.24) is 0 Å². The quantitative estimate of drug-likeness (QED) is 0.380. The summed E-state index contributed by atoms with van der Waals surface area (Å²) in [7, 11) is 0. The van der Waals surface area contributed by atoms with E-state index in [2.05, 4.69) is 24.3 Å². The zero-order chi connectivity index (χ0) is 22.1. The molecule has 1 aliphatic rings. The van der Waals surface area contributed by atoms with E-state index in [4.69, 9.17) is 14.9 Å². The number of hydrogen-bond donors (Lipinski definition) is 2. The summed E-state index contributed by atoms with van der Waals surface area (Å²) in [5, 5.41) is 10.2. The van der Waals surface area contributed by atoms with Crippen molar-refractivity contribution < 1.29 is 19.1 Å². The van der Waals surface area contributed by atoms with Crippen LogP contribution in [0.3, 0.4) is 0 Å². The van der Waals surface area contributed by atoms with Crippen LogP contribution in [0.2, 0.25) is 0 Å². The van der Waals surface area contributed by atoms with Crippen molar-refractivity contribution in [2.45, 2.75) is 38.3 Å². The lowest BCUT2D eigenvalue weighted by molar-refractivity contribution is -0.136. The van der Waals surface area contributed by atoms with Crippen LogP contribution in [-0.4, -0.2) is 11.1 Å². The molecule has 0 bridgehead atoms. The van der Waals surface area contributed by atoms with Gasteiger partial charge in [-0.3, -0.25) is 4.79 Å². The Bertz CT molecular complexity index is 1290. The summed E-state index contributed by atoms with van der Waals surface area (Å²) in [5.41, 5.74) is 11.7. The Labute approximate surface area is 186 Å². The lowest BCUT2D eigenvalue weighted by Gasteiger charge is -2.11. The van der Waals surface area contributed by atoms with Crippen molar-refractivity contribution in [2.75, 3.05) is 0 Å². The molecule has 0 unspecified atom stereocenters. The van der Waals surface area contributed by atoms with E-state index in [1.165, 1.54) is 18.4 Å². The second-order valence-electron chi connectivity index (χ2n) is 8.31. The lowest BCUT2D eigenvalue weighted by Crippen LogP contribution is -2.04. The van der Waals surface area contributed by atoms with Gasteiger partial charge in [-0.15, -0.1) is 0 Å². The number of carboxylic acids is 1. The van der Waals surface area contributed by atoms with E-state index >= 15 is 0 Å². The highest BCUT2D eigenvalue weighted by atomic mass is 16.5. The van der Waals surface area contributed by atoms with E-state index in [-0.39, 0.29) is 6.42 Å². The maximum atomic E-state index is 11.2. The van der Waals surface area contributed by atoms with Crippen molar-refractivity contribution >= 4 is 16.9 Å². The van der Waals surface area contributed by atoms with Gasteiger partial charge in [0.05, 0.1) is 6.42 Å². The average molecular weight is 428 g/mol. The van der Waals surface area contributed by atoms with Gasteiger partial charge in [0.15, 0.2) is 0 Å². The summed E-state index contributed by atoms with van der Waals surface area (Å²) >= 11 is 0. The fourth-order valence-corrected chi connectivity index (χ4v) is 4.14. The predicted molar refractivity (Wildman–Crippen MR) is 124 cm³/mol. The number of carbonyl (C=O) groups is 1. The normalized spacial score (nSPS) is 13.4. The molecule has 0 spiro atoms. The zero-order valence-electron chi connectivity index (χ0n) is 17.7. The van der Waals surface area contributed by atoms with E-state index in [9.17, 15) is 9.90 Å². The maximum absolute atomic E-state index is 11.2. The molecule has 0 amide bonds. The Morgan fingerprint density at radius 3 is 2.66 bits per heavy atom. The highest BCUT2D eigenvalue weighted by molar-refractivity contribution is 5.89. The minimum Gasteiger partial charge on any atom is -0.489 e. The Morgan fingerprint density at radius 2 is 1.88 bits per heavy atom. The monoisotopic (exact) mass is 427 g/mol. The molecule has 0 radical (unpaired) electrons. The number of ether oxygens (including phenoxy) is 1. The number of benzene rings is 3. The molecule has 5 nitrogen and oxygen atoms in total. The highest BCUT2D eigenvalue weighted by Gasteiger charge is 2.28. The van der Waals surface area contributed by atoms with Gasteiger partial charge in [0, 0.05) is 28.6 Å². The zero-order valence-corrected chi connectivity index (χ0v) is 17.7. The van der Waals surface area contributed by atoms with Crippen LogP contribution < -0.4 is 10.5 Å². The molecule has 32 heavy (non-hydrogen) atoms. The smallest absolute Gasteiger partial charge is 0.307 e. The number of para-hydroxylation sites is 1. The number of carboxylic acid groups (broad SMARTS) is 1. The van der Waals surface area contributed by atoms with E-state index in [0.717, 1.165) is 33.4 Å². The molecule has 0 atom stereocenters. The highest BCUT2D eigenvalue weighted by Crippen LogP contribution is 2.45. The van der Waals surface area contributed by atoms with Crippen molar-refractivity contribution in [3.63, 3.8) is 0 Å². The van der Waals surface area contributed by atoms with Gasteiger partial charge < -0.3 is 20.0 Å². The summed E-state index contributed by atoms with van der Waals surface area (Å²) in [5.74, 6) is 1.08. The topological polar surface area (TPSA) is 85.7 Å². The molecule has 1 fully saturated rings. The maximum Gasteiger partial charge on any atom is 0.307 e. The van der Waals surface area contributed by atoms with Crippen LogP contribution in [0.25, 0.3) is 22.3 Å². The molecule has 1 aliphatic carbocycles. The standard InChI is InChI=1S/C27H25NO4/c28-15-17-4-3-6-19(12-17)25-14-23-21(10-11-22(18-8-9-18)27(23)32-25)16-31-24-7-2-1-5-20(24)13-26(29)30/h1-7,10-12,14,18H,8-9,13,15-16,28H2,(H,29,30). The molecular formula is C27H25NO4. The fourth-order valence-electron chi connectivity index (χ4n) is 4.14. The molecule has 4 aromatic rings. The van der Waals surface area contributed by atoms with Crippen molar-refractivity contribution in [1.29, 1.82) is 0 Å². The first kappa shape index (κ1) is 20.3. The van der Waals surface area contributed by atoms with E-state index in [0.29, 0.717) is 30.4 Å². The number of fused-ring (bicyclic) bond motifs is 1. The molecule has 0 aliphatic heterocycles. The third-order valence-corrected chi connectivity index (χ3v) is 5.97. The molecule has 1 saturated carbocycles. The van der Waals surface area contributed by atoms with Gasteiger partial charge in [0.1, 0.15) is 23.7 Å². The van der Waals surface area contributed by atoms with Gasteiger partial charge in [-0.1, -0.05) is 48.5 Å². The number of furan rings is 1. The van der Waals surface area contributed by atoms with Gasteiger partial charge in [-0.05, 0) is 48.1 Å². The molecule has 162 valence electrons. The number of aliphatic carboxylic acids is 1. The SMILES string of the molecule is NCc1cccc(-c2cc3c(COc4ccccc4CC(=O)O)ccc(C4CC4)c3o2)c1. The summed E-state index contributed by atoms with van der Waals surface area (Å²) in [6, 6.07) is 21.7. The van der Waals surface area contributed by atoms with Crippen LogP contribution in [-0.2, 0) is 24.4 Å². The van der Waals surface area contributed by atoms with Crippen molar-refractivity contribution in [3.8, 4) is 17.1 Å². The molecule has 5 rings (SSSR count). The summed E-state index contributed by atoms with van der Waals surface area (Å²) in [6.07, 6.45) is 2.30. The molecular weight excluding hydrogens is 402 g/mol. The van der Waals surface area contributed by atoms with Crippen molar-refractivity contribution in [3.05, 3.63) is 89.0 Å². The van der Waals surface area contributed by atoms with Crippen molar-refractivity contribution in [2.24, 2.45) is 5.73 Å². The Hall–Kier alpha value is -3.57. The second kappa shape index (κ2) is 8.52. The lowest BCUT2D eigenvalue weighted by atomic mass is 10.0. The number of hydrogen-bond acceptors (Lipinski definition) is 4. The third kappa shape index (κ3) is 4.12. The van der Waals surface area contributed by atoms with E-state index in [1.54, 1.807) is 6.07 Å². The van der Waals surface area contributed by atoms with Crippen LogP contribution in [0.5, 0.6) is 5.75 Å². The first-order valence-corrected chi connectivity index (χ1v) is 10.9. The Kier molecular flexibility index (Phi) is 5.41. The molecule has 0 saturated heterocycles. The summed E-state index contributed by atoms with van der Waals surface area (Å²) in [6.45, 7) is 0.816. The Morgan fingerprint density at radius 1 is 1.03 bits per heavy atom. The van der Waals surface area contributed by atoms with Gasteiger partial charge >= 0.3 is 5.97 Å². The minimum atomic E-state index is -0.878. The van der Waals surface area contributed by atoms with Gasteiger partial charge in [0.25, 0.3) is 0 Å². The first-order valence-electron chi connectivity index (χ1n) is 10.9. The van der Waals surface area contributed by atoms with E-state index in [1.807, 2.05) is 36.4 Å². The van der Waals surface area contributed by atoms with Crippen LogP contribution in [0.1, 0.15) is 41.0 Å². The van der Waals surface area contributed by atoms with Gasteiger partial charge in [0.2, 0.25) is 0 Å². The van der Waals surface area contributed by atoms with E-state index < -0.39 is 5.97 Å². The molecule has 3 N–H and O–H groups in total. The number of rotatable bonds is 8. The van der Waals surface area contributed by atoms with Crippen LogP contribution >= 0.6 is 0 Å². The first-order chi connectivity index (χ1) is 15.6. The Balaban J connectivity index is 1.51. The molecule has 1 aromatic heterocycles. The summed E-state index contributed by atoms with van der Waals surface area (Å²) < 4.78 is 12.5. The van der Waals surface area contributed by atoms with Crippen LogP contribution in [0.4, 0.5) is 0 Å². The van der Waals surface area contributed by atoms with Gasteiger partial charge in [-0.2, -0.15) is 0 Å².